The highest BCUT2D eigenvalue weighted by molar-refractivity contribution is 7.98. The Kier molecular flexibility index (Phi) is 4.44. The standard InChI is InChI=1S/C16H22N2OS/c1-20-15-6-2-13(3-7-15)16(19)12-17-8-10-18(11-9-17)14-4-5-14/h2-3,6-7,14H,4-5,8-12H2,1H3. The van der Waals surface area contributed by atoms with Crippen molar-refractivity contribution in [2.75, 3.05) is 39.0 Å². The second-order valence-electron chi connectivity index (χ2n) is 5.69. The predicted molar refractivity (Wildman–Crippen MR) is 83.6 cm³/mol. The Morgan fingerprint density at radius 2 is 1.80 bits per heavy atom. The van der Waals surface area contributed by atoms with E-state index in [0.29, 0.717) is 6.54 Å². The summed E-state index contributed by atoms with van der Waals surface area (Å²) in [6.07, 6.45) is 4.80. The summed E-state index contributed by atoms with van der Waals surface area (Å²) < 4.78 is 0. The van der Waals surface area contributed by atoms with Crippen molar-refractivity contribution in [3.63, 3.8) is 0 Å². The van der Waals surface area contributed by atoms with E-state index in [1.54, 1.807) is 11.8 Å². The summed E-state index contributed by atoms with van der Waals surface area (Å²) in [4.78, 5) is 18.4. The Balaban J connectivity index is 1.50. The van der Waals surface area contributed by atoms with Gasteiger partial charge in [0.2, 0.25) is 0 Å². The van der Waals surface area contributed by atoms with E-state index in [9.17, 15) is 4.79 Å². The molecule has 1 heterocycles. The van der Waals surface area contributed by atoms with E-state index in [-0.39, 0.29) is 5.78 Å². The minimum atomic E-state index is 0.248. The third-order valence-corrected chi connectivity index (χ3v) is 4.99. The van der Waals surface area contributed by atoms with Crippen LogP contribution >= 0.6 is 11.8 Å². The molecule has 0 bridgehead atoms. The molecule has 4 heteroatoms. The number of carbonyl (C=O) groups excluding carboxylic acids is 1. The number of nitrogens with zero attached hydrogens (tertiary/aromatic N) is 2. The topological polar surface area (TPSA) is 23.6 Å². The first-order valence-corrected chi connectivity index (χ1v) is 8.62. The summed E-state index contributed by atoms with van der Waals surface area (Å²) in [6, 6.07) is 8.82. The molecule has 1 aromatic rings. The summed E-state index contributed by atoms with van der Waals surface area (Å²) in [6.45, 7) is 4.89. The van der Waals surface area contributed by atoms with Crippen LogP contribution in [0.5, 0.6) is 0 Å². The van der Waals surface area contributed by atoms with Crippen LogP contribution in [-0.4, -0.2) is 60.6 Å². The van der Waals surface area contributed by atoms with Crippen LogP contribution in [0.3, 0.4) is 0 Å². The number of rotatable bonds is 5. The summed E-state index contributed by atoms with van der Waals surface area (Å²) in [5.74, 6) is 0.248. The maximum atomic E-state index is 12.3. The summed E-state index contributed by atoms with van der Waals surface area (Å²) in [5, 5.41) is 0. The first-order chi connectivity index (χ1) is 9.76. The molecule has 20 heavy (non-hydrogen) atoms. The lowest BCUT2D eigenvalue weighted by Crippen LogP contribution is -2.48. The molecule has 1 aromatic carbocycles. The number of hydrogen-bond donors (Lipinski definition) is 0. The van der Waals surface area contributed by atoms with Gasteiger partial charge in [0.1, 0.15) is 0 Å². The Bertz CT molecular complexity index is 462. The molecule has 1 aliphatic carbocycles. The zero-order valence-electron chi connectivity index (χ0n) is 12.0. The van der Waals surface area contributed by atoms with Crippen LogP contribution in [0.4, 0.5) is 0 Å². The quantitative estimate of drug-likeness (QED) is 0.613. The van der Waals surface area contributed by atoms with Crippen molar-refractivity contribution in [3.8, 4) is 0 Å². The van der Waals surface area contributed by atoms with E-state index in [1.807, 2.05) is 24.3 Å². The van der Waals surface area contributed by atoms with E-state index in [1.165, 1.54) is 17.7 Å². The van der Waals surface area contributed by atoms with Crippen LogP contribution in [0, 0.1) is 0 Å². The molecule has 0 amide bonds. The normalized spacial score (nSPS) is 21.1. The second kappa shape index (κ2) is 6.29. The van der Waals surface area contributed by atoms with Gasteiger partial charge in [-0.25, -0.2) is 0 Å². The third-order valence-electron chi connectivity index (χ3n) is 4.25. The second-order valence-corrected chi connectivity index (χ2v) is 6.57. The first-order valence-electron chi connectivity index (χ1n) is 7.40. The van der Waals surface area contributed by atoms with Crippen molar-refractivity contribution < 1.29 is 4.79 Å². The van der Waals surface area contributed by atoms with Crippen molar-refractivity contribution in [1.82, 2.24) is 9.80 Å². The zero-order chi connectivity index (χ0) is 13.9. The molecule has 0 radical (unpaired) electrons. The minimum absolute atomic E-state index is 0.248. The number of piperazine rings is 1. The van der Waals surface area contributed by atoms with Crippen molar-refractivity contribution in [2.45, 2.75) is 23.8 Å². The molecule has 1 aliphatic heterocycles. The highest BCUT2D eigenvalue weighted by Crippen LogP contribution is 2.27. The van der Waals surface area contributed by atoms with Gasteiger partial charge in [0, 0.05) is 42.7 Å². The van der Waals surface area contributed by atoms with E-state index in [4.69, 9.17) is 0 Å². The van der Waals surface area contributed by atoms with Gasteiger partial charge in [-0.1, -0.05) is 12.1 Å². The maximum absolute atomic E-state index is 12.3. The third kappa shape index (κ3) is 3.43. The SMILES string of the molecule is CSc1ccc(C(=O)CN2CCN(C3CC3)CC2)cc1. The van der Waals surface area contributed by atoms with Gasteiger partial charge >= 0.3 is 0 Å². The lowest BCUT2D eigenvalue weighted by atomic mass is 10.1. The molecule has 0 unspecified atom stereocenters. The molecule has 3 nitrogen and oxygen atoms in total. The number of hydrogen-bond acceptors (Lipinski definition) is 4. The zero-order valence-corrected chi connectivity index (χ0v) is 12.9. The first kappa shape index (κ1) is 14.1. The summed E-state index contributed by atoms with van der Waals surface area (Å²) >= 11 is 1.71. The molecule has 0 spiro atoms. The largest absolute Gasteiger partial charge is 0.298 e. The molecular weight excluding hydrogens is 268 g/mol. The van der Waals surface area contributed by atoms with Crippen molar-refractivity contribution in [3.05, 3.63) is 29.8 Å². The van der Waals surface area contributed by atoms with Gasteiger partial charge in [-0.2, -0.15) is 0 Å². The Labute approximate surface area is 125 Å². The summed E-state index contributed by atoms with van der Waals surface area (Å²) in [7, 11) is 0. The van der Waals surface area contributed by atoms with Crippen molar-refractivity contribution >= 4 is 17.5 Å². The number of benzene rings is 1. The monoisotopic (exact) mass is 290 g/mol. The van der Waals surface area contributed by atoms with Gasteiger partial charge in [-0.05, 0) is 31.2 Å². The Morgan fingerprint density at radius 1 is 1.15 bits per heavy atom. The lowest BCUT2D eigenvalue weighted by Gasteiger charge is -2.34. The van der Waals surface area contributed by atoms with Crippen LogP contribution in [0.1, 0.15) is 23.2 Å². The van der Waals surface area contributed by atoms with Gasteiger partial charge in [0.15, 0.2) is 5.78 Å². The predicted octanol–water partition coefficient (Wildman–Crippen LogP) is 2.37. The lowest BCUT2D eigenvalue weighted by molar-refractivity contribution is 0.0843. The maximum Gasteiger partial charge on any atom is 0.176 e. The highest BCUT2D eigenvalue weighted by atomic mass is 32.2. The molecule has 0 atom stereocenters. The van der Waals surface area contributed by atoms with Gasteiger partial charge in [0.25, 0.3) is 0 Å². The number of Topliss-reactive ketones (excluding diaryl/α,β-unsaturated/α-hetero) is 1. The van der Waals surface area contributed by atoms with E-state index >= 15 is 0 Å². The fourth-order valence-corrected chi connectivity index (χ4v) is 3.21. The molecule has 0 N–H and O–H groups in total. The van der Waals surface area contributed by atoms with Crippen LogP contribution < -0.4 is 0 Å². The molecule has 2 fully saturated rings. The molecule has 2 aliphatic rings. The highest BCUT2D eigenvalue weighted by Gasteiger charge is 2.31. The van der Waals surface area contributed by atoms with Gasteiger partial charge in [-0.3, -0.25) is 14.6 Å². The van der Waals surface area contributed by atoms with E-state index < -0.39 is 0 Å². The van der Waals surface area contributed by atoms with E-state index in [0.717, 1.165) is 37.8 Å². The molecule has 1 saturated heterocycles. The molecular formula is C16H22N2OS. The summed E-state index contributed by atoms with van der Waals surface area (Å²) in [5.41, 5.74) is 0.840. The average Bonchev–Trinajstić information content (AvgIpc) is 3.33. The smallest absolute Gasteiger partial charge is 0.176 e. The van der Waals surface area contributed by atoms with Crippen LogP contribution in [0.25, 0.3) is 0 Å². The number of carbonyl (C=O) groups is 1. The van der Waals surface area contributed by atoms with Gasteiger partial charge < -0.3 is 0 Å². The number of ketones is 1. The van der Waals surface area contributed by atoms with Gasteiger partial charge in [0.05, 0.1) is 6.54 Å². The number of thioether (sulfide) groups is 1. The molecule has 1 saturated carbocycles. The average molecular weight is 290 g/mol. The van der Waals surface area contributed by atoms with Crippen molar-refractivity contribution in [1.29, 1.82) is 0 Å². The van der Waals surface area contributed by atoms with Gasteiger partial charge in [-0.15, -0.1) is 11.8 Å². The van der Waals surface area contributed by atoms with Crippen molar-refractivity contribution in [2.24, 2.45) is 0 Å². The molecule has 108 valence electrons. The van der Waals surface area contributed by atoms with Crippen LogP contribution in [0.15, 0.2) is 29.2 Å². The fraction of sp³-hybridized carbons (Fsp3) is 0.562. The van der Waals surface area contributed by atoms with Crippen LogP contribution in [0.2, 0.25) is 0 Å². The van der Waals surface area contributed by atoms with Crippen LogP contribution in [-0.2, 0) is 0 Å². The van der Waals surface area contributed by atoms with E-state index in [2.05, 4.69) is 16.1 Å². The molecule has 0 aromatic heterocycles. The Hall–Kier alpha value is -0.840. The fourth-order valence-electron chi connectivity index (χ4n) is 2.80. The molecule has 3 rings (SSSR count). The Morgan fingerprint density at radius 3 is 2.35 bits per heavy atom. The minimum Gasteiger partial charge on any atom is -0.298 e.